The standard InChI is InChI=1S/C43H43N9O3/c1-5-6-15-36-35-14-10-11-16-38(35)51(26-30-12-8-7-9-13-30)41(54)37(48-36)22-34(53)25-45-32-19-17-28(2)39(21-32)52-27-31-23-46-42(49-40(31)50(4)43(52)55)47-33-20-18-29(3)44-24-33/h5,7-14,16-21,23-24,37,45H,1,6,15,22,25-27H2,2-4H3,(H,46,47,49)/t37-/m0/s1. The van der Waals surface area contributed by atoms with Crippen molar-refractivity contribution in [2.45, 2.75) is 52.2 Å². The fraction of sp³-hybridized carbons (Fsp3) is 0.233. The van der Waals surface area contributed by atoms with Crippen molar-refractivity contribution < 1.29 is 14.4 Å². The van der Waals surface area contributed by atoms with Crippen LogP contribution in [0.3, 0.4) is 0 Å². The van der Waals surface area contributed by atoms with E-state index >= 15 is 0 Å². The summed E-state index contributed by atoms with van der Waals surface area (Å²) in [6.45, 7) is 8.34. The van der Waals surface area contributed by atoms with Gasteiger partial charge in [-0.25, -0.2) is 9.78 Å². The van der Waals surface area contributed by atoms with Crippen molar-refractivity contribution in [2.75, 3.05) is 38.9 Å². The van der Waals surface area contributed by atoms with Crippen molar-refractivity contribution in [1.29, 1.82) is 0 Å². The lowest BCUT2D eigenvalue weighted by atomic mass is 10.0. The highest BCUT2D eigenvalue weighted by Crippen LogP contribution is 2.34. The number of benzodiazepines with no additional fused rings is 1. The molecule has 0 aliphatic carbocycles. The lowest BCUT2D eigenvalue weighted by Gasteiger charge is -2.35. The van der Waals surface area contributed by atoms with Crippen LogP contribution in [0.1, 0.15) is 47.2 Å². The first-order valence-corrected chi connectivity index (χ1v) is 18.3. The van der Waals surface area contributed by atoms with Crippen molar-refractivity contribution in [3.8, 4) is 0 Å². The summed E-state index contributed by atoms with van der Waals surface area (Å²) in [5.74, 6) is 0.499. The molecule has 2 N–H and O–H groups in total. The van der Waals surface area contributed by atoms with Crippen LogP contribution >= 0.6 is 0 Å². The number of rotatable bonds is 13. The van der Waals surface area contributed by atoms with E-state index in [0.29, 0.717) is 42.5 Å². The van der Waals surface area contributed by atoms with Crippen LogP contribution in [0.25, 0.3) is 0 Å². The molecule has 55 heavy (non-hydrogen) atoms. The molecule has 3 aromatic carbocycles. The molecule has 0 saturated heterocycles. The molecule has 0 saturated carbocycles. The smallest absolute Gasteiger partial charge is 0.330 e. The highest BCUT2D eigenvalue weighted by atomic mass is 16.2. The van der Waals surface area contributed by atoms with Crippen molar-refractivity contribution >= 4 is 57.9 Å². The number of aliphatic imine (C=N–C) groups is 1. The molecule has 4 heterocycles. The number of urea groups is 1. The van der Waals surface area contributed by atoms with Gasteiger partial charge in [0.1, 0.15) is 11.9 Å². The first kappa shape index (κ1) is 36.7. The molecule has 2 aliphatic rings. The van der Waals surface area contributed by atoms with Crippen molar-refractivity contribution in [3.63, 3.8) is 0 Å². The van der Waals surface area contributed by atoms with Gasteiger partial charge in [-0.1, -0.05) is 60.7 Å². The average molecular weight is 734 g/mol. The summed E-state index contributed by atoms with van der Waals surface area (Å²) in [5, 5.41) is 6.39. The Morgan fingerprint density at radius 2 is 1.71 bits per heavy atom. The lowest BCUT2D eigenvalue weighted by molar-refractivity contribution is -0.124. The summed E-state index contributed by atoms with van der Waals surface area (Å²) < 4.78 is 0. The van der Waals surface area contributed by atoms with Crippen molar-refractivity contribution in [2.24, 2.45) is 4.99 Å². The highest BCUT2D eigenvalue weighted by Gasteiger charge is 2.34. The number of carbonyl (C=O) groups excluding carboxylic acids is 3. The largest absolute Gasteiger partial charge is 0.378 e. The number of hydrogen-bond acceptors (Lipinski definition) is 9. The van der Waals surface area contributed by atoms with Crippen molar-refractivity contribution in [3.05, 3.63) is 138 Å². The van der Waals surface area contributed by atoms with E-state index < -0.39 is 6.04 Å². The monoisotopic (exact) mass is 733 g/mol. The number of aryl methyl sites for hydroxylation is 2. The Balaban J connectivity index is 1.06. The van der Waals surface area contributed by atoms with Gasteiger partial charge in [-0.05, 0) is 68.1 Å². The number of allylic oxidation sites excluding steroid dienone is 1. The van der Waals surface area contributed by atoms with Gasteiger partial charge in [-0.3, -0.25) is 29.4 Å². The van der Waals surface area contributed by atoms with Crippen LogP contribution in [0.15, 0.2) is 115 Å². The topological polar surface area (TPSA) is 136 Å². The number of pyridine rings is 1. The van der Waals surface area contributed by atoms with E-state index in [4.69, 9.17) is 4.99 Å². The number of nitrogens with one attached hydrogen (secondary N) is 2. The molecule has 12 nitrogen and oxygen atoms in total. The van der Waals surface area contributed by atoms with Crippen LogP contribution in [-0.2, 0) is 22.7 Å². The minimum atomic E-state index is -0.883. The predicted molar refractivity (Wildman–Crippen MR) is 217 cm³/mol. The fourth-order valence-corrected chi connectivity index (χ4v) is 6.79. The minimum absolute atomic E-state index is 0.0216. The molecule has 0 radical (unpaired) electrons. The minimum Gasteiger partial charge on any atom is -0.378 e. The first-order chi connectivity index (χ1) is 26.7. The van der Waals surface area contributed by atoms with E-state index in [1.54, 1.807) is 29.2 Å². The Morgan fingerprint density at radius 3 is 2.49 bits per heavy atom. The Hall–Kier alpha value is -6.69. The van der Waals surface area contributed by atoms with Crippen LogP contribution in [0.2, 0.25) is 0 Å². The summed E-state index contributed by atoms with van der Waals surface area (Å²) in [5.41, 5.74) is 8.10. The zero-order valence-corrected chi connectivity index (χ0v) is 31.2. The first-order valence-electron chi connectivity index (χ1n) is 18.3. The van der Waals surface area contributed by atoms with Gasteiger partial charge < -0.3 is 15.5 Å². The predicted octanol–water partition coefficient (Wildman–Crippen LogP) is 7.55. The van der Waals surface area contributed by atoms with E-state index in [1.807, 2.05) is 105 Å². The number of ketones is 1. The molecule has 5 aromatic rings. The highest BCUT2D eigenvalue weighted by molar-refractivity contribution is 6.13. The maximum Gasteiger partial charge on any atom is 0.330 e. The number of para-hydroxylation sites is 1. The number of Topliss-reactive ketones (excluding diaryl/α,β-unsaturated/α-hetero) is 1. The number of amides is 3. The molecule has 1 atom stereocenters. The van der Waals surface area contributed by atoms with Crippen LogP contribution in [-0.4, -0.2) is 58.0 Å². The summed E-state index contributed by atoms with van der Waals surface area (Å²) in [6, 6.07) is 25.9. The zero-order chi connectivity index (χ0) is 38.5. The third-order valence-corrected chi connectivity index (χ3v) is 9.72. The van der Waals surface area contributed by atoms with Crippen LogP contribution in [0, 0.1) is 13.8 Å². The SMILES string of the molecule is C=CCCC1=N[C@@H](CC(=O)CNc2ccc(C)c(N3Cc4cnc(Nc5ccc(C)nc5)nc4N(C)C3=O)c2)C(=O)N(Cc2ccccc2)c2ccccc21. The van der Waals surface area contributed by atoms with Crippen LogP contribution < -0.4 is 25.3 Å². The van der Waals surface area contributed by atoms with Crippen LogP contribution in [0.4, 0.5) is 39.3 Å². The number of hydrogen-bond donors (Lipinski definition) is 2. The van der Waals surface area contributed by atoms with E-state index in [9.17, 15) is 14.4 Å². The molecule has 0 fully saturated rings. The molecule has 3 amide bonds. The van der Waals surface area contributed by atoms with E-state index in [1.165, 1.54) is 4.90 Å². The number of aromatic nitrogens is 3. The summed E-state index contributed by atoms with van der Waals surface area (Å²) in [7, 11) is 1.69. The molecule has 278 valence electrons. The third kappa shape index (κ3) is 8.13. The maximum absolute atomic E-state index is 14.2. The third-order valence-electron chi connectivity index (χ3n) is 9.72. The zero-order valence-electron chi connectivity index (χ0n) is 31.2. The van der Waals surface area contributed by atoms with E-state index in [-0.39, 0.29) is 37.2 Å². The normalized spacial score (nSPS) is 15.1. The summed E-state index contributed by atoms with van der Waals surface area (Å²) in [6.07, 6.45) is 6.49. The quantitative estimate of drug-likeness (QED) is 0.119. The Labute approximate surface area is 320 Å². The van der Waals surface area contributed by atoms with Gasteiger partial charge in [0.25, 0.3) is 5.91 Å². The molecule has 0 unspecified atom stereocenters. The van der Waals surface area contributed by atoms with E-state index in [2.05, 4.69) is 32.2 Å². The number of carbonyl (C=O) groups is 3. The molecule has 0 spiro atoms. The van der Waals surface area contributed by atoms with Gasteiger partial charge in [0.2, 0.25) is 5.95 Å². The summed E-state index contributed by atoms with van der Waals surface area (Å²) >= 11 is 0. The number of nitrogens with zero attached hydrogens (tertiary/aromatic N) is 7. The lowest BCUT2D eigenvalue weighted by Crippen LogP contribution is -2.46. The molecule has 0 bridgehead atoms. The Kier molecular flexibility index (Phi) is 10.8. The fourth-order valence-electron chi connectivity index (χ4n) is 6.79. The molecule has 7 rings (SSSR count). The Bertz CT molecular complexity index is 2270. The van der Waals surface area contributed by atoms with E-state index in [0.717, 1.165) is 45.0 Å². The summed E-state index contributed by atoms with van der Waals surface area (Å²) in [4.78, 5) is 64.9. The van der Waals surface area contributed by atoms with Gasteiger partial charge in [-0.15, -0.1) is 6.58 Å². The average Bonchev–Trinajstić information content (AvgIpc) is 3.30. The van der Waals surface area contributed by atoms with Gasteiger partial charge in [0.15, 0.2) is 5.78 Å². The molecular weight excluding hydrogens is 691 g/mol. The molecular formula is C43H43N9O3. The Morgan fingerprint density at radius 1 is 0.927 bits per heavy atom. The number of fused-ring (bicyclic) bond motifs is 2. The second-order valence-electron chi connectivity index (χ2n) is 13.7. The van der Waals surface area contributed by atoms with Gasteiger partial charge >= 0.3 is 6.03 Å². The molecule has 2 aromatic heterocycles. The second-order valence-corrected chi connectivity index (χ2v) is 13.7. The maximum atomic E-state index is 14.2. The number of anilines is 6. The van der Waals surface area contributed by atoms with Gasteiger partial charge in [-0.2, -0.15) is 4.98 Å². The van der Waals surface area contributed by atoms with Gasteiger partial charge in [0, 0.05) is 47.9 Å². The molecule has 2 aliphatic heterocycles. The second kappa shape index (κ2) is 16.1. The van der Waals surface area contributed by atoms with Gasteiger partial charge in [0.05, 0.1) is 42.9 Å². The number of benzene rings is 3. The molecule has 12 heteroatoms. The van der Waals surface area contributed by atoms with Crippen LogP contribution in [0.5, 0.6) is 0 Å². The van der Waals surface area contributed by atoms with Crippen molar-refractivity contribution in [1.82, 2.24) is 15.0 Å².